The first-order valence-electron chi connectivity index (χ1n) is 3.75. The van der Waals surface area contributed by atoms with Gasteiger partial charge in [-0.1, -0.05) is 42.1 Å². The molecule has 2 rings (SSSR count). The number of hydrogen-bond acceptors (Lipinski definition) is 2. The highest BCUT2D eigenvalue weighted by Crippen LogP contribution is 2.10. The van der Waals surface area contributed by atoms with Gasteiger partial charge in [-0.3, -0.25) is 5.32 Å². The highest BCUT2D eigenvalue weighted by molar-refractivity contribution is 8.48. The SMILES string of the molecule is C1=S=C(NCc2ccccc2)S1. The molecule has 1 heterocycles. The summed E-state index contributed by atoms with van der Waals surface area (Å²) >= 11 is 1.77. The third-order valence-corrected chi connectivity index (χ3v) is 3.65. The van der Waals surface area contributed by atoms with E-state index in [0.29, 0.717) is 0 Å². The molecular weight excluding hydrogens is 186 g/mol. The van der Waals surface area contributed by atoms with Gasteiger partial charge in [0.1, 0.15) is 4.32 Å². The Morgan fingerprint density at radius 3 is 2.50 bits per heavy atom. The fourth-order valence-electron chi connectivity index (χ4n) is 0.950. The van der Waals surface area contributed by atoms with Crippen molar-refractivity contribution in [3.8, 4) is 0 Å². The minimum absolute atomic E-state index is 0.935. The van der Waals surface area contributed by atoms with Gasteiger partial charge >= 0.3 is 0 Å². The van der Waals surface area contributed by atoms with Crippen LogP contribution in [0.25, 0.3) is 0 Å². The first-order chi connectivity index (χ1) is 5.95. The van der Waals surface area contributed by atoms with Crippen molar-refractivity contribution < 1.29 is 0 Å². The first-order valence-corrected chi connectivity index (χ1v) is 5.51. The molecule has 0 amide bonds. The molecular formula is C9H9NS2. The van der Waals surface area contributed by atoms with Crippen LogP contribution in [-0.2, 0) is 6.54 Å². The molecule has 0 aromatic heterocycles. The van der Waals surface area contributed by atoms with Crippen molar-refractivity contribution in [1.29, 1.82) is 0 Å². The summed E-state index contributed by atoms with van der Waals surface area (Å²) in [5, 5.41) is 3.35. The fourth-order valence-corrected chi connectivity index (χ4v) is 2.03. The molecule has 3 heteroatoms. The smallest absolute Gasteiger partial charge is 0.108 e. The van der Waals surface area contributed by atoms with Crippen molar-refractivity contribution in [3.63, 3.8) is 0 Å². The molecule has 0 saturated carbocycles. The van der Waals surface area contributed by atoms with Crippen LogP contribution in [0, 0.1) is 0 Å². The lowest BCUT2D eigenvalue weighted by atomic mass is 10.2. The Kier molecular flexibility index (Phi) is 2.66. The summed E-state index contributed by atoms with van der Waals surface area (Å²) < 4.78 is 3.42. The van der Waals surface area contributed by atoms with E-state index in [-0.39, 0.29) is 0 Å². The lowest BCUT2D eigenvalue weighted by molar-refractivity contribution is 0.940. The second kappa shape index (κ2) is 3.94. The van der Waals surface area contributed by atoms with Gasteiger partial charge < -0.3 is 0 Å². The van der Waals surface area contributed by atoms with Gasteiger partial charge in [0.2, 0.25) is 0 Å². The fraction of sp³-hybridized carbons (Fsp3) is 0.111. The molecule has 1 aromatic carbocycles. The molecule has 62 valence electrons. The number of hydrogen-bond donors (Lipinski definition) is 1. The Labute approximate surface area is 79.7 Å². The average Bonchev–Trinajstić information content (AvgIpc) is 2.04. The third kappa shape index (κ3) is 2.00. The predicted molar refractivity (Wildman–Crippen MR) is 59.5 cm³/mol. The van der Waals surface area contributed by atoms with Crippen LogP contribution in [0.2, 0.25) is 0 Å². The lowest BCUT2D eigenvalue weighted by Gasteiger charge is -2.07. The van der Waals surface area contributed by atoms with Crippen LogP contribution in [0.5, 0.6) is 0 Å². The van der Waals surface area contributed by atoms with Crippen molar-refractivity contribution >= 4 is 31.7 Å². The summed E-state index contributed by atoms with van der Waals surface area (Å²) in [5.41, 5.74) is 1.33. The Bertz CT molecular complexity index is 326. The van der Waals surface area contributed by atoms with Gasteiger partial charge in [-0.15, -0.1) is 10.9 Å². The van der Waals surface area contributed by atoms with E-state index in [4.69, 9.17) is 0 Å². The highest BCUT2D eigenvalue weighted by Gasteiger charge is 2.00. The Morgan fingerprint density at radius 1 is 1.17 bits per heavy atom. The van der Waals surface area contributed by atoms with Crippen LogP contribution in [0.1, 0.15) is 5.56 Å². The lowest BCUT2D eigenvalue weighted by Crippen LogP contribution is -2.20. The predicted octanol–water partition coefficient (Wildman–Crippen LogP) is 2.10. The zero-order chi connectivity index (χ0) is 8.23. The molecule has 0 fully saturated rings. The maximum absolute atomic E-state index is 3.35. The molecule has 0 radical (unpaired) electrons. The third-order valence-electron chi connectivity index (χ3n) is 1.59. The van der Waals surface area contributed by atoms with Gasteiger partial charge in [0.15, 0.2) is 0 Å². The summed E-state index contributed by atoms with van der Waals surface area (Å²) in [4.78, 5) is 0. The maximum Gasteiger partial charge on any atom is 0.108 e. The molecule has 1 aliphatic heterocycles. The van der Waals surface area contributed by atoms with Crippen LogP contribution in [0.3, 0.4) is 0 Å². The molecule has 12 heavy (non-hydrogen) atoms. The molecule has 1 nitrogen and oxygen atoms in total. The van der Waals surface area contributed by atoms with E-state index >= 15 is 0 Å². The summed E-state index contributed by atoms with van der Waals surface area (Å²) in [6.07, 6.45) is 0. The Hall–Kier alpha value is -0.510. The molecule has 0 bridgehead atoms. The van der Waals surface area contributed by atoms with E-state index < -0.39 is 0 Å². The standard InChI is InChI=1S/C9H9NS2/c1-2-4-8(5-3-1)6-10-9-11-7-12-9/h1-5,7,10H,6H2. The minimum atomic E-state index is 0.935. The quantitative estimate of drug-likeness (QED) is 0.725. The van der Waals surface area contributed by atoms with Crippen LogP contribution >= 0.6 is 22.7 Å². The molecule has 0 spiro atoms. The van der Waals surface area contributed by atoms with Gasteiger partial charge in [-0.05, 0) is 5.56 Å². The average molecular weight is 195 g/mol. The summed E-state index contributed by atoms with van der Waals surface area (Å²) in [6, 6.07) is 10.4. The molecule has 1 N–H and O–H groups in total. The van der Waals surface area contributed by atoms with Gasteiger partial charge in [-0.2, -0.15) is 0 Å². The maximum atomic E-state index is 3.35. The molecule has 0 atom stereocenters. The second-order valence-corrected chi connectivity index (χ2v) is 4.77. The zero-order valence-electron chi connectivity index (χ0n) is 6.49. The van der Waals surface area contributed by atoms with E-state index in [0.717, 1.165) is 6.54 Å². The first kappa shape index (κ1) is 8.10. The van der Waals surface area contributed by atoms with Gasteiger partial charge in [0.25, 0.3) is 0 Å². The van der Waals surface area contributed by atoms with E-state index in [9.17, 15) is 0 Å². The minimum Gasteiger partial charge on any atom is -0.270 e. The highest BCUT2D eigenvalue weighted by atomic mass is 32.2. The number of thioether (sulfide) groups is 1. The van der Waals surface area contributed by atoms with Crippen LogP contribution in [-0.4, -0.2) is 9.02 Å². The van der Waals surface area contributed by atoms with Gasteiger partial charge in [-0.25, -0.2) is 0 Å². The Balaban J connectivity index is 1.92. The summed E-state index contributed by atoms with van der Waals surface area (Å²) in [7, 11) is 1.77. The van der Waals surface area contributed by atoms with Crippen molar-refractivity contribution in [1.82, 2.24) is 5.32 Å². The van der Waals surface area contributed by atoms with E-state index in [2.05, 4.69) is 34.3 Å². The van der Waals surface area contributed by atoms with Crippen molar-refractivity contribution in [2.24, 2.45) is 0 Å². The molecule has 1 aliphatic rings. The van der Waals surface area contributed by atoms with Crippen molar-refractivity contribution in [2.75, 3.05) is 0 Å². The van der Waals surface area contributed by atoms with Crippen molar-refractivity contribution in [3.05, 3.63) is 35.9 Å². The van der Waals surface area contributed by atoms with E-state index in [1.807, 2.05) is 6.07 Å². The zero-order valence-corrected chi connectivity index (χ0v) is 8.12. The van der Waals surface area contributed by atoms with Crippen molar-refractivity contribution in [2.45, 2.75) is 6.54 Å². The Morgan fingerprint density at radius 2 is 1.92 bits per heavy atom. The monoisotopic (exact) mass is 195 g/mol. The van der Waals surface area contributed by atoms with Crippen LogP contribution < -0.4 is 5.32 Å². The van der Waals surface area contributed by atoms with E-state index in [1.165, 1.54) is 9.88 Å². The number of nitrogens with one attached hydrogen (secondary N) is 1. The molecule has 0 saturated heterocycles. The van der Waals surface area contributed by atoms with Crippen LogP contribution in [0.15, 0.2) is 30.3 Å². The molecule has 1 aromatic rings. The largest absolute Gasteiger partial charge is 0.270 e. The topological polar surface area (TPSA) is 12.0 Å². The van der Waals surface area contributed by atoms with Gasteiger partial charge in [0.05, 0.1) is 0 Å². The second-order valence-electron chi connectivity index (χ2n) is 2.46. The van der Waals surface area contributed by atoms with Gasteiger partial charge in [0, 0.05) is 11.2 Å². The molecule has 0 unspecified atom stereocenters. The number of benzene rings is 1. The van der Waals surface area contributed by atoms with E-state index in [1.54, 1.807) is 22.7 Å². The summed E-state index contributed by atoms with van der Waals surface area (Å²) in [5.74, 6) is 0. The number of rotatable bonds is 2. The normalized spacial score (nSPS) is 14.5. The summed E-state index contributed by atoms with van der Waals surface area (Å²) in [6.45, 7) is 0.935. The molecule has 0 aliphatic carbocycles. The van der Waals surface area contributed by atoms with Crippen LogP contribution in [0.4, 0.5) is 0 Å².